The molecular formula is C18H15Cl2N5O2S. The Morgan fingerprint density at radius 2 is 1.79 bits per heavy atom. The molecule has 0 aliphatic rings. The molecule has 0 fully saturated rings. The van der Waals surface area contributed by atoms with Gasteiger partial charge < -0.3 is 0 Å². The van der Waals surface area contributed by atoms with Crippen molar-refractivity contribution in [2.24, 2.45) is 0 Å². The van der Waals surface area contributed by atoms with Crippen molar-refractivity contribution in [3.05, 3.63) is 70.0 Å². The van der Waals surface area contributed by atoms with Gasteiger partial charge in [-0.05, 0) is 49.4 Å². The van der Waals surface area contributed by atoms with E-state index in [4.69, 9.17) is 23.2 Å². The Hall–Kier alpha value is -2.55. The minimum absolute atomic E-state index is 0.0413. The van der Waals surface area contributed by atoms with Crippen LogP contribution in [0.2, 0.25) is 10.0 Å². The lowest BCUT2D eigenvalue weighted by Crippen LogP contribution is -2.42. The fraction of sp³-hybridized carbons (Fsp3) is 0.111. The minimum atomic E-state index is -0.437. The zero-order chi connectivity index (χ0) is 20.1. The van der Waals surface area contributed by atoms with Gasteiger partial charge in [-0.3, -0.25) is 25.0 Å². The number of amides is 2. The quantitative estimate of drug-likeness (QED) is 0.473. The van der Waals surface area contributed by atoms with Crippen LogP contribution in [0.25, 0.3) is 5.69 Å². The van der Waals surface area contributed by atoms with Crippen molar-refractivity contribution in [3.8, 4) is 5.69 Å². The Morgan fingerprint density at radius 1 is 1.04 bits per heavy atom. The van der Waals surface area contributed by atoms with Crippen LogP contribution in [0.1, 0.15) is 16.2 Å². The summed E-state index contributed by atoms with van der Waals surface area (Å²) < 4.78 is 1.80. The Balaban J connectivity index is 1.58. The molecule has 0 saturated heterocycles. The smallest absolute Gasteiger partial charge is 0.269 e. The average molecular weight is 436 g/mol. The van der Waals surface area contributed by atoms with Crippen LogP contribution in [0, 0.1) is 6.92 Å². The number of hydrazine groups is 1. The van der Waals surface area contributed by atoms with Gasteiger partial charge >= 0.3 is 0 Å². The minimum Gasteiger partial charge on any atom is -0.274 e. The van der Waals surface area contributed by atoms with E-state index in [1.165, 1.54) is 11.8 Å². The molecule has 0 spiro atoms. The van der Waals surface area contributed by atoms with Gasteiger partial charge in [-0.2, -0.15) is 0 Å². The first-order valence-corrected chi connectivity index (χ1v) is 9.83. The number of carbonyl (C=O) groups excluding carboxylic acids is 2. The molecule has 1 aromatic heterocycles. The standard InChI is InChI=1S/C18H15Cl2N5O2S/c1-11-21-24-18(25(11)15-4-2-3-14(20)9-15)28-10-16(26)22-23-17(27)12-5-7-13(19)8-6-12/h2-9H,10H2,1H3,(H,22,26)(H,23,27). The van der Waals surface area contributed by atoms with Gasteiger partial charge in [0.15, 0.2) is 5.16 Å². The Labute approximate surface area is 175 Å². The highest BCUT2D eigenvalue weighted by Crippen LogP contribution is 2.23. The number of hydrogen-bond acceptors (Lipinski definition) is 5. The molecule has 0 saturated carbocycles. The van der Waals surface area contributed by atoms with Gasteiger partial charge in [0.05, 0.1) is 11.4 Å². The van der Waals surface area contributed by atoms with E-state index in [0.29, 0.717) is 26.6 Å². The van der Waals surface area contributed by atoms with Crippen LogP contribution in [-0.2, 0) is 4.79 Å². The van der Waals surface area contributed by atoms with E-state index in [9.17, 15) is 9.59 Å². The molecule has 144 valence electrons. The van der Waals surface area contributed by atoms with Gasteiger partial charge in [0.1, 0.15) is 5.82 Å². The zero-order valence-electron chi connectivity index (χ0n) is 14.6. The summed E-state index contributed by atoms with van der Waals surface area (Å²) in [6.45, 7) is 1.81. The summed E-state index contributed by atoms with van der Waals surface area (Å²) in [6, 6.07) is 13.6. The lowest BCUT2D eigenvalue weighted by atomic mass is 10.2. The van der Waals surface area contributed by atoms with Crippen molar-refractivity contribution in [3.63, 3.8) is 0 Å². The molecule has 0 bridgehead atoms. The van der Waals surface area contributed by atoms with Gasteiger partial charge in [0.2, 0.25) is 5.91 Å². The van der Waals surface area contributed by atoms with Gasteiger partial charge in [0, 0.05) is 15.6 Å². The van der Waals surface area contributed by atoms with E-state index in [1.807, 2.05) is 19.1 Å². The number of thioether (sulfide) groups is 1. The van der Waals surface area contributed by atoms with Gasteiger partial charge in [0.25, 0.3) is 5.91 Å². The summed E-state index contributed by atoms with van der Waals surface area (Å²) in [5, 5.41) is 9.81. The van der Waals surface area contributed by atoms with Crippen LogP contribution < -0.4 is 10.9 Å². The van der Waals surface area contributed by atoms with Crippen LogP contribution in [-0.4, -0.2) is 32.3 Å². The zero-order valence-corrected chi connectivity index (χ0v) is 17.0. The second-order valence-corrected chi connectivity index (χ2v) is 7.46. The van der Waals surface area contributed by atoms with E-state index in [2.05, 4.69) is 21.0 Å². The Kier molecular flexibility index (Phi) is 6.56. The Morgan fingerprint density at radius 3 is 2.50 bits per heavy atom. The summed E-state index contributed by atoms with van der Waals surface area (Å²) in [7, 11) is 0. The van der Waals surface area contributed by atoms with E-state index in [1.54, 1.807) is 41.0 Å². The highest BCUT2D eigenvalue weighted by molar-refractivity contribution is 7.99. The second-order valence-electron chi connectivity index (χ2n) is 5.64. The highest BCUT2D eigenvalue weighted by Gasteiger charge is 2.14. The first-order chi connectivity index (χ1) is 13.4. The topological polar surface area (TPSA) is 88.9 Å². The average Bonchev–Trinajstić information content (AvgIpc) is 3.05. The van der Waals surface area contributed by atoms with Crippen molar-refractivity contribution in [2.45, 2.75) is 12.1 Å². The molecular weight excluding hydrogens is 421 g/mol. The Bertz CT molecular complexity index is 1010. The third kappa shape index (κ3) is 5.03. The number of aryl methyl sites for hydroxylation is 1. The molecule has 0 radical (unpaired) electrons. The van der Waals surface area contributed by atoms with Gasteiger partial charge in [-0.1, -0.05) is 41.0 Å². The largest absolute Gasteiger partial charge is 0.274 e. The summed E-state index contributed by atoms with van der Waals surface area (Å²) in [4.78, 5) is 24.1. The van der Waals surface area contributed by atoms with Crippen LogP contribution in [0.4, 0.5) is 0 Å². The second kappa shape index (κ2) is 9.09. The molecule has 3 aromatic rings. The van der Waals surface area contributed by atoms with Crippen LogP contribution in [0.15, 0.2) is 53.7 Å². The molecule has 2 aromatic carbocycles. The summed E-state index contributed by atoms with van der Waals surface area (Å²) in [5.74, 6) is -0.112. The van der Waals surface area contributed by atoms with E-state index in [0.717, 1.165) is 5.69 Å². The van der Waals surface area contributed by atoms with Gasteiger partial charge in [-0.15, -0.1) is 10.2 Å². The SMILES string of the molecule is Cc1nnc(SCC(=O)NNC(=O)c2ccc(Cl)cc2)n1-c1cccc(Cl)c1. The molecule has 2 N–H and O–H groups in total. The number of carbonyl (C=O) groups is 2. The van der Waals surface area contributed by atoms with Crippen LogP contribution in [0.5, 0.6) is 0 Å². The lowest BCUT2D eigenvalue weighted by molar-refractivity contribution is -0.119. The molecule has 0 unspecified atom stereocenters. The summed E-state index contributed by atoms with van der Waals surface area (Å²) in [6.07, 6.45) is 0. The molecule has 3 rings (SSSR count). The highest BCUT2D eigenvalue weighted by atomic mass is 35.5. The summed E-state index contributed by atoms with van der Waals surface area (Å²) in [5.41, 5.74) is 5.91. The van der Waals surface area contributed by atoms with Crippen LogP contribution in [0.3, 0.4) is 0 Å². The van der Waals surface area contributed by atoms with Crippen molar-refractivity contribution >= 4 is 46.8 Å². The monoisotopic (exact) mass is 435 g/mol. The summed E-state index contributed by atoms with van der Waals surface area (Å²) >= 11 is 13.0. The molecule has 7 nitrogen and oxygen atoms in total. The molecule has 0 aliphatic heterocycles. The predicted molar refractivity (Wildman–Crippen MR) is 109 cm³/mol. The first kappa shape index (κ1) is 20.2. The number of aromatic nitrogens is 3. The van der Waals surface area contributed by atoms with Crippen LogP contribution >= 0.6 is 35.0 Å². The van der Waals surface area contributed by atoms with Crippen molar-refractivity contribution < 1.29 is 9.59 Å². The molecule has 1 heterocycles. The number of hydrogen-bond donors (Lipinski definition) is 2. The molecule has 10 heteroatoms. The number of halogens is 2. The number of nitrogens with zero attached hydrogens (tertiary/aromatic N) is 3. The lowest BCUT2D eigenvalue weighted by Gasteiger charge is -2.09. The third-order valence-corrected chi connectivity index (χ3v) is 5.03. The van der Waals surface area contributed by atoms with E-state index < -0.39 is 5.91 Å². The maximum atomic E-state index is 12.1. The number of nitrogens with one attached hydrogen (secondary N) is 2. The van der Waals surface area contributed by atoms with Crippen molar-refractivity contribution in [1.82, 2.24) is 25.6 Å². The number of rotatable bonds is 5. The molecule has 0 atom stereocenters. The fourth-order valence-corrected chi connectivity index (χ4v) is 3.42. The maximum absolute atomic E-state index is 12.1. The van der Waals surface area contributed by atoms with Crippen molar-refractivity contribution in [2.75, 3.05) is 5.75 Å². The number of benzene rings is 2. The normalized spacial score (nSPS) is 10.5. The molecule has 2 amide bonds. The van der Waals surface area contributed by atoms with E-state index in [-0.39, 0.29) is 11.7 Å². The third-order valence-electron chi connectivity index (χ3n) is 3.62. The first-order valence-electron chi connectivity index (χ1n) is 8.09. The fourth-order valence-electron chi connectivity index (χ4n) is 2.31. The predicted octanol–water partition coefficient (Wildman–Crippen LogP) is 3.44. The molecule has 0 aliphatic carbocycles. The molecule has 28 heavy (non-hydrogen) atoms. The van der Waals surface area contributed by atoms with Crippen molar-refractivity contribution in [1.29, 1.82) is 0 Å². The van der Waals surface area contributed by atoms with E-state index >= 15 is 0 Å². The van der Waals surface area contributed by atoms with Gasteiger partial charge in [-0.25, -0.2) is 0 Å². The maximum Gasteiger partial charge on any atom is 0.269 e.